The van der Waals surface area contributed by atoms with E-state index in [1.54, 1.807) is 12.1 Å². The van der Waals surface area contributed by atoms with Crippen LogP contribution in [0.15, 0.2) is 18.2 Å². The Labute approximate surface area is 99.3 Å². The van der Waals surface area contributed by atoms with Gasteiger partial charge in [0.2, 0.25) is 0 Å². The van der Waals surface area contributed by atoms with Gasteiger partial charge in [-0.15, -0.1) is 11.6 Å². The minimum atomic E-state index is -0.458. The van der Waals surface area contributed by atoms with Crippen molar-refractivity contribution in [3.63, 3.8) is 0 Å². The van der Waals surface area contributed by atoms with Gasteiger partial charge in [-0.05, 0) is 24.5 Å². The van der Waals surface area contributed by atoms with Gasteiger partial charge in [0.15, 0.2) is 5.75 Å². The molecule has 1 aromatic carbocycles. The summed E-state index contributed by atoms with van der Waals surface area (Å²) < 4.78 is 4.98. The highest BCUT2D eigenvalue weighted by atomic mass is 35.5. The molecule has 16 heavy (non-hydrogen) atoms. The summed E-state index contributed by atoms with van der Waals surface area (Å²) in [6.07, 6.45) is 1.55. The highest BCUT2D eigenvalue weighted by Gasteiger charge is 2.15. The number of nitro groups is 1. The highest BCUT2D eigenvalue weighted by Crippen LogP contribution is 2.28. The molecule has 88 valence electrons. The third-order valence-electron chi connectivity index (χ3n) is 2.34. The standard InChI is InChI=1S/C11H14ClNO3/c1-3-9(12)6-8-4-5-10(13(14)15)11(7-8)16-2/h4-5,7,9H,3,6H2,1-2H3. The fourth-order valence-electron chi connectivity index (χ4n) is 1.40. The van der Waals surface area contributed by atoms with Gasteiger partial charge < -0.3 is 4.74 Å². The summed E-state index contributed by atoms with van der Waals surface area (Å²) in [5.74, 6) is 0.280. The van der Waals surface area contributed by atoms with Gasteiger partial charge >= 0.3 is 5.69 Å². The van der Waals surface area contributed by atoms with Crippen LogP contribution in [0.5, 0.6) is 5.75 Å². The number of hydrogen-bond donors (Lipinski definition) is 0. The maximum Gasteiger partial charge on any atom is 0.310 e. The van der Waals surface area contributed by atoms with Crippen LogP contribution in [0, 0.1) is 10.1 Å². The van der Waals surface area contributed by atoms with E-state index in [0.29, 0.717) is 6.42 Å². The van der Waals surface area contributed by atoms with Crippen LogP contribution in [0.4, 0.5) is 5.69 Å². The predicted octanol–water partition coefficient (Wildman–Crippen LogP) is 3.16. The summed E-state index contributed by atoms with van der Waals surface area (Å²) in [5.41, 5.74) is 0.929. The summed E-state index contributed by atoms with van der Waals surface area (Å²) in [6, 6.07) is 4.84. The van der Waals surface area contributed by atoms with Crippen LogP contribution in [0.3, 0.4) is 0 Å². The Morgan fingerprint density at radius 3 is 2.75 bits per heavy atom. The lowest BCUT2D eigenvalue weighted by Crippen LogP contribution is -2.02. The Bertz CT molecular complexity index is 381. The smallest absolute Gasteiger partial charge is 0.310 e. The van der Waals surface area contributed by atoms with Crippen LogP contribution < -0.4 is 4.74 Å². The molecule has 0 aromatic heterocycles. The summed E-state index contributed by atoms with van der Waals surface area (Å²) in [5, 5.41) is 10.7. The van der Waals surface area contributed by atoms with Gasteiger partial charge in [0.05, 0.1) is 12.0 Å². The Morgan fingerprint density at radius 1 is 1.56 bits per heavy atom. The number of nitrogens with zero attached hydrogens (tertiary/aromatic N) is 1. The van der Waals surface area contributed by atoms with Crippen LogP contribution in [-0.4, -0.2) is 17.4 Å². The molecular formula is C11H14ClNO3. The largest absolute Gasteiger partial charge is 0.490 e. The van der Waals surface area contributed by atoms with Gasteiger partial charge in [0, 0.05) is 11.4 Å². The second-order valence-corrected chi connectivity index (χ2v) is 4.09. The Morgan fingerprint density at radius 2 is 2.25 bits per heavy atom. The van der Waals surface area contributed by atoms with Gasteiger partial charge in [-0.1, -0.05) is 13.0 Å². The number of alkyl halides is 1. The third kappa shape index (κ3) is 3.10. The van der Waals surface area contributed by atoms with Crippen molar-refractivity contribution in [1.82, 2.24) is 0 Å². The quantitative estimate of drug-likeness (QED) is 0.453. The van der Waals surface area contributed by atoms with Crippen molar-refractivity contribution < 1.29 is 9.66 Å². The van der Waals surface area contributed by atoms with Crippen molar-refractivity contribution >= 4 is 17.3 Å². The molecule has 0 aliphatic rings. The van der Waals surface area contributed by atoms with E-state index in [1.807, 2.05) is 6.92 Å². The van der Waals surface area contributed by atoms with E-state index in [2.05, 4.69) is 0 Å². The molecular weight excluding hydrogens is 230 g/mol. The average molecular weight is 244 g/mol. The maximum absolute atomic E-state index is 10.7. The first-order chi connectivity index (χ1) is 7.58. The number of methoxy groups -OCH3 is 1. The van der Waals surface area contributed by atoms with Gasteiger partial charge in [0.1, 0.15) is 0 Å². The van der Waals surface area contributed by atoms with Gasteiger partial charge in [-0.2, -0.15) is 0 Å². The van der Waals surface area contributed by atoms with Crippen LogP contribution >= 0.6 is 11.6 Å². The number of ether oxygens (including phenoxy) is 1. The Balaban J connectivity index is 2.95. The van der Waals surface area contributed by atoms with E-state index >= 15 is 0 Å². The number of nitro benzene ring substituents is 1. The van der Waals surface area contributed by atoms with Gasteiger partial charge in [0.25, 0.3) is 0 Å². The normalized spacial score (nSPS) is 12.2. The second kappa shape index (κ2) is 5.70. The molecule has 0 aliphatic heterocycles. The first kappa shape index (κ1) is 12.8. The van der Waals surface area contributed by atoms with E-state index in [4.69, 9.17) is 16.3 Å². The zero-order valence-corrected chi connectivity index (χ0v) is 10.0. The lowest BCUT2D eigenvalue weighted by atomic mass is 10.1. The van der Waals surface area contributed by atoms with Crippen molar-refractivity contribution in [2.24, 2.45) is 0 Å². The molecule has 0 heterocycles. The van der Waals surface area contributed by atoms with Crippen LogP contribution in [-0.2, 0) is 6.42 Å². The minimum Gasteiger partial charge on any atom is -0.490 e. The number of hydrogen-bond acceptors (Lipinski definition) is 3. The zero-order valence-electron chi connectivity index (χ0n) is 9.27. The molecule has 0 N–H and O–H groups in total. The summed E-state index contributed by atoms with van der Waals surface area (Å²) >= 11 is 6.02. The van der Waals surface area contributed by atoms with Crippen molar-refractivity contribution in [3.05, 3.63) is 33.9 Å². The average Bonchev–Trinajstić information content (AvgIpc) is 2.28. The van der Waals surface area contributed by atoms with Crippen LogP contribution in [0.1, 0.15) is 18.9 Å². The first-order valence-corrected chi connectivity index (χ1v) is 5.47. The molecule has 0 saturated heterocycles. The molecule has 1 aromatic rings. The molecule has 0 bridgehead atoms. The fraction of sp³-hybridized carbons (Fsp3) is 0.455. The molecule has 1 atom stereocenters. The molecule has 1 unspecified atom stereocenters. The molecule has 5 heteroatoms. The summed E-state index contributed by atoms with van der Waals surface area (Å²) in [4.78, 5) is 10.2. The highest BCUT2D eigenvalue weighted by molar-refractivity contribution is 6.20. The SMILES string of the molecule is CCC(Cl)Cc1ccc([N+](=O)[O-])c(OC)c1. The lowest BCUT2D eigenvalue weighted by Gasteiger charge is -2.08. The van der Waals surface area contributed by atoms with E-state index in [-0.39, 0.29) is 16.8 Å². The molecule has 0 radical (unpaired) electrons. The molecule has 4 nitrogen and oxygen atoms in total. The van der Waals surface area contributed by atoms with E-state index in [0.717, 1.165) is 12.0 Å². The molecule has 0 aliphatic carbocycles. The Kier molecular flexibility index (Phi) is 4.55. The number of rotatable bonds is 5. The lowest BCUT2D eigenvalue weighted by molar-refractivity contribution is -0.385. The van der Waals surface area contributed by atoms with Crippen molar-refractivity contribution in [1.29, 1.82) is 0 Å². The maximum atomic E-state index is 10.7. The van der Waals surface area contributed by atoms with E-state index in [1.165, 1.54) is 13.2 Å². The van der Waals surface area contributed by atoms with Crippen molar-refractivity contribution in [2.75, 3.05) is 7.11 Å². The summed E-state index contributed by atoms with van der Waals surface area (Å²) in [7, 11) is 1.42. The topological polar surface area (TPSA) is 52.4 Å². The number of benzene rings is 1. The third-order valence-corrected chi connectivity index (χ3v) is 2.80. The van der Waals surface area contributed by atoms with E-state index in [9.17, 15) is 10.1 Å². The second-order valence-electron chi connectivity index (χ2n) is 3.47. The molecule has 1 rings (SSSR count). The monoisotopic (exact) mass is 243 g/mol. The molecule has 0 saturated carbocycles. The van der Waals surface area contributed by atoms with Crippen LogP contribution in [0.2, 0.25) is 0 Å². The molecule has 0 amide bonds. The molecule has 0 spiro atoms. The zero-order chi connectivity index (χ0) is 12.1. The first-order valence-electron chi connectivity index (χ1n) is 5.03. The predicted molar refractivity (Wildman–Crippen MR) is 63.3 cm³/mol. The molecule has 0 fully saturated rings. The minimum absolute atomic E-state index is 0.0196. The van der Waals surface area contributed by atoms with Crippen molar-refractivity contribution in [3.8, 4) is 5.75 Å². The summed E-state index contributed by atoms with van der Waals surface area (Å²) in [6.45, 7) is 2.00. The van der Waals surface area contributed by atoms with Crippen LogP contribution in [0.25, 0.3) is 0 Å². The number of halogens is 1. The Hall–Kier alpha value is -1.29. The van der Waals surface area contributed by atoms with Gasteiger partial charge in [-0.25, -0.2) is 0 Å². The van der Waals surface area contributed by atoms with Gasteiger partial charge in [-0.3, -0.25) is 10.1 Å². The van der Waals surface area contributed by atoms with Crippen molar-refractivity contribution in [2.45, 2.75) is 25.1 Å². The fourth-order valence-corrected chi connectivity index (χ4v) is 1.58. The van der Waals surface area contributed by atoms with E-state index < -0.39 is 4.92 Å².